The predicted molar refractivity (Wildman–Crippen MR) is 150 cm³/mol. The highest BCUT2D eigenvalue weighted by atomic mass is 35.5. The Kier molecular flexibility index (Phi) is 9.73. The number of hydrogen-bond donors (Lipinski definition) is 1. The van der Waals surface area contributed by atoms with E-state index in [1.54, 1.807) is 41.3 Å². The average Bonchev–Trinajstić information content (AvgIpc) is 2.89. The summed E-state index contributed by atoms with van der Waals surface area (Å²) in [6.45, 7) is 3.45. The third-order valence-corrected chi connectivity index (χ3v) is 6.54. The molecule has 1 aliphatic rings. The predicted octanol–water partition coefficient (Wildman–Crippen LogP) is 6.68. The maximum Gasteiger partial charge on any atom is 0.265 e. The first-order valence-electron chi connectivity index (χ1n) is 12.5. The maximum atomic E-state index is 12.6. The zero-order valence-corrected chi connectivity index (χ0v) is 22.7. The fourth-order valence-electron chi connectivity index (χ4n) is 4.03. The van der Waals surface area contributed by atoms with Gasteiger partial charge in [0, 0.05) is 23.7 Å². The first-order valence-corrected chi connectivity index (χ1v) is 13.3. The lowest BCUT2D eigenvalue weighted by molar-refractivity contribution is -0.121. The lowest BCUT2D eigenvalue weighted by Gasteiger charge is -2.30. The third-order valence-electron chi connectivity index (χ3n) is 6.01. The Morgan fingerprint density at radius 1 is 0.974 bits per heavy atom. The minimum atomic E-state index is -0.154. The summed E-state index contributed by atoms with van der Waals surface area (Å²) in [4.78, 5) is 26.8. The molecule has 0 radical (unpaired) electrons. The average molecular weight is 557 g/mol. The highest BCUT2D eigenvalue weighted by Crippen LogP contribution is 2.35. The van der Waals surface area contributed by atoms with Gasteiger partial charge in [-0.2, -0.15) is 0 Å². The lowest BCUT2D eigenvalue weighted by atomic mass is 10.1. The molecule has 0 atom stereocenters. The van der Waals surface area contributed by atoms with Gasteiger partial charge in [0.25, 0.3) is 5.91 Å². The van der Waals surface area contributed by atoms with E-state index in [-0.39, 0.29) is 24.8 Å². The van der Waals surface area contributed by atoms with Crippen LogP contribution in [0.1, 0.15) is 31.2 Å². The molecule has 3 aromatic rings. The van der Waals surface area contributed by atoms with Crippen LogP contribution in [0.2, 0.25) is 10.0 Å². The summed E-state index contributed by atoms with van der Waals surface area (Å²) in [5.74, 6) is 1.75. The Balaban J connectivity index is 1.25. The first-order chi connectivity index (χ1) is 18.4. The molecular weight excluding hydrogens is 527 g/mol. The molecule has 1 heterocycles. The summed E-state index contributed by atoms with van der Waals surface area (Å²) in [5, 5.41) is 3.85. The molecule has 0 aliphatic carbocycles. The summed E-state index contributed by atoms with van der Waals surface area (Å²) in [6.07, 6.45) is 2.34. The maximum absolute atomic E-state index is 12.6. The Labute approximate surface area is 232 Å². The quantitative estimate of drug-likeness (QED) is 0.251. The fourth-order valence-corrected chi connectivity index (χ4v) is 4.49. The Bertz CT molecular complexity index is 1280. The number of anilines is 2. The van der Waals surface area contributed by atoms with E-state index in [9.17, 15) is 9.59 Å². The van der Waals surface area contributed by atoms with Crippen LogP contribution in [0.25, 0.3) is 0 Å². The van der Waals surface area contributed by atoms with Gasteiger partial charge in [-0.05, 0) is 74.2 Å². The monoisotopic (exact) mass is 556 g/mol. The molecule has 1 aliphatic heterocycles. The van der Waals surface area contributed by atoms with Gasteiger partial charge in [-0.3, -0.25) is 9.59 Å². The fraction of sp³-hybridized carbons (Fsp3) is 0.310. The number of carbonyl (C=O) groups is 2. The van der Waals surface area contributed by atoms with Crippen molar-refractivity contribution in [2.24, 2.45) is 0 Å². The molecule has 0 fully saturated rings. The number of aryl methyl sites for hydroxylation is 1. The van der Waals surface area contributed by atoms with Crippen molar-refractivity contribution >= 4 is 46.4 Å². The lowest BCUT2D eigenvalue weighted by Crippen LogP contribution is -2.39. The van der Waals surface area contributed by atoms with E-state index in [4.69, 9.17) is 37.4 Å². The second-order valence-corrected chi connectivity index (χ2v) is 9.76. The molecule has 38 heavy (non-hydrogen) atoms. The molecule has 0 unspecified atom stereocenters. The SMILES string of the molecule is Cc1ccccc1OCCCCN1C(=O)COc2ccc(NC(=O)CCCOc3ccc(Cl)cc3Cl)cc21. The number of halogens is 2. The number of hydrogen-bond acceptors (Lipinski definition) is 5. The van der Waals surface area contributed by atoms with Gasteiger partial charge in [0.2, 0.25) is 5.91 Å². The zero-order valence-electron chi connectivity index (χ0n) is 21.2. The van der Waals surface area contributed by atoms with Crippen LogP contribution in [-0.2, 0) is 9.59 Å². The Morgan fingerprint density at radius 3 is 2.58 bits per heavy atom. The molecule has 0 saturated heterocycles. The molecule has 3 aromatic carbocycles. The van der Waals surface area contributed by atoms with Gasteiger partial charge >= 0.3 is 0 Å². The number of carbonyl (C=O) groups excluding carboxylic acids is 2. The van der Waals surface area contributed by atoms with Crippen LogP contribution >= 0.6 is 23.2 Å². The summed E-state index contributed by atoms with van der Waals surface area (Å²) in [7, 11) is 0. The molecule has 0 bridgehead atoms. The van der Waals surface area contributed by atoms with E-state index in [1.165, 1.54) is 0 Å². The molecule has 1 N–H and O–H groups in total. The zero-order chi connectivity index (χ0) is 26.9. The minimum Gasteiger partial charge on any atom is -0.493 e. The molecule has 200 valence electrons. The highest BCUT2D eigenvalue weighted by molar-refractivity contribution is 6.35. The molecule has 4 rings (SSSR count). The van der Waals surface area contributed by atoms with E-state index in [1.807, 2.05) is 31.2 Å². The number of fused-ring (bicyclic) bond motifs is 1. The van der Waals surface area contributed by atoms with Gasteiger partial charge in [-0.15, -0.1) is 0 Å². The number of unbranched alkanes of at least 4 members (excludes halogenated alkanes) is 1. The van der Waals surface area contributed by atoms with Crippen LogP contribution < -0.4 is 24.4 Å². The summed E-state index contributed by atoms with van der Waals surface area (Å²) in [6, 6.07) is 18.2. The summed E-state index contributed by atoms with van der Waals surface area (Å²) >= 11 is 12.0. The standard InChI is InChI=1S/C29H30Cl2N2O5/c1-20-7-2-3-8-25(20)36-15-5-4-14-33-24-18-22(11-13-27(24)38-19-29(33)35)32-28(34)9-6-16-37-26-12-10-21(30)17-23(26)31/h2-3,7-8,10-13,17-18H,4-6,9,14-16,19H2,1H3,(H,32,34). The number of ether oxygens (including phenoxy) is 3. The van der Waals surface area contributed by atoms with Crippen molar-refractivity contribution in [1.82, 2.24) is 0 Å². The number of rotatable bonds is 12. The number of benzene rings is 3. The minimum absolute atomic E-state index is 0.00392. The van der Waals surface area contributed by atoms with Crippen molar-refractivity contribution in [1.29, 1.82) is 0 Å². The molecular formula is C29H30Cl2N2O5. The van der Waals surface area contributed by atoms with Crippen molar-refractivity contribution < 1.29 is 23.8 Å². The van der Waals surface area contributed by atoms with Crippen LogP contribution in [0.15, 0.2) is 60.7 Å². The van der Waals surface area contributed by atoms with Gasteiger partial charge in [0.05, 0.1) is 23.9 Å². The topological polar surface area (TPSA) is 77.1 Å². The van der Waals surface area contributed by atoms with Crippen LogP contribution in [0.4, 0.5) is 11.4 Å². The van der Waals surface area contributed by atoms with Crippen LogP contribution in [0, 0.1) is 6.92 Å². The van der Waals surface area contributed by atoms with Crippen molar-refractivity contribution in [3.63, 3.8) is 0 Å². The van der Waals surface area contributed by atoms with Crippen LogP contribution in [-0.4, -0.2) is 38.2 Å². The van der Waals surface area contributed by atoms with Gasteiger partial charge in [0.15, 0.2) is 6.61 Å². The first kappa shape index (κ1) is 27.6. The van der Waals surface area contributed by atoms with E-state index in [0.29, 0.717) is 59.1 Å². The third kappa shape index (κ3) is 7.55. The molecule has 0 spiro atoms. The number of nitrogens with zero attached hydrogens (tertiary/aromatic N) is 1. The molecule has 7 nitrogen and oxygen atoms in total. The van der Waals surface area contributed by atoms with Crippen molar-refractivity contribution in [3.05, 3.63) is 76.3 Å². The number of amides is 2. The summed E-state index contributed by atoms with van der Waals surface area (Å²) < 4.78 is 17.1. The highest BCUT2D eigenvalue weighted by Gasteiger charge is 2.25. The Hall–Kier alpha value is -3.42. The second kappa shape index (κ2) is 13.4. The largest absolute Gasteiger partial charge is 0.493 e. The number of para-hydroxylation sites is 1. The smallest absolute Gasteiger partial charge is 0.265 e. The van der Waals surface area contributed by atoms with E-state index < -0.39 is 0 Å². The van der Waals surface area contributed by atoms with Crippen molar-refractivity contribution in [2.75, 3.05) is 36.6 Å². The second-order valence-electron chi connectivity index (χ2n) is 8.91. The van der Waals surface area contributed by atoms with Gasteiger partial charge in [-0.25, -0.2) is 0 Å². The number of nitrogens with one attached hydrogen (secondary N) is 1. The van der Waals surface area contributed by atoms with Gasteiger partial charge < -0.3 is 24.4 Å². The van der Waals surface area contributed by atoms with E-state index in [0.717, 1.165) is 24.2 Å². The molecule has 9 heteroatoms. The molecule has 0 saturated carbocycles. The van der Waals surface area contributed by atoms with Crippen LogP contribution in [0.3, 0.4) is 0 Å². The molecule has 2 amide bonds. The van der Waals surface area contributed by atoms with Gasteiger partial charge in [0.1, 0.15) is 17.2 Å². The Morgan fingerprint density at radius 2 is 1.76 bits per heavy atom. The van der Waals surface area contributed by atoms with E-state index >= 15 is 0 Å². The van der Waals surface area contributed by atoms with Crippen molar-refractivity contribution in [2.45, 2.75) is 32.6 Å². The summed E-state index contributed by atoms with van der Waals surface area (Å²) in [5.41, 5.74) is 2.35. The molecule has 0 aromatic heterocycles. The van der Waals surface area contributed by atoms with Gasteiger partial charge in [-0.1, -0.05) is 41.4 Å². The van der Waals surface area contributed by atoms with Crippen LogP contribution in [0.5, 0.6) is 17.2 Å². The normalized spacial score (nSPS) is 12.5. The van der Waals surface area contributed by atoms with E-state index in [2.05, 4.69) is 5.32 Å². The van der Waals surface area contributed by atoms with Crippen molar-refractivity contribution in [3.8, 4) is 17.2 Å².